The van der Waals surface area contributed by atoms with Crippen LogP contribution >= 0.6 is 0 Å². The highest BCUT2D eigenvalue weighted by Gasteiger charge is 2.33. The van der Waals surface area contributed by atoms with Gasteiger partial charge in [0.2, 0.25) is 0 Å². The Morgan fingerprint density at radius 3 is 2.22 bits per heavy atom. The van der Waals surface area contributed by atoms with E-state index >= 15 is 0 Å². The second-order valence-corrected chi connectivity index (χ2v) is 5.31. The van der Waals surface area contributed by atoms with Crippen LogP contribution in [0.2, 0.25) is 0 Å². The molecule has 1 saturated heterocycles. The number of likely N-dealkylation sites (tertiary alicyclic amines) is 1. The second kappa shape index (κ2) is 7.20. The lowest BCUT2D eigenvalue weighted by Gasteiger charge is -2.26. The Morgan fingerprint density at radius 1 is 1.44 bits per heavy atom. The molecule has 0 spiro atoms. The van der Waals surface area contributed by atoms with Gasteiger partial charge in [0.25, 0.3) is 6.47 Å². The van der Waals surface area contributed by atoms with Crippen molar-refractivity contribution < 1.29 is 19.1 Å². The lowest BCUT2D eigenvalue weighted by atomic mass is 10.2. The zero-order valence-electron chi connectivity index (χ0n) is 11.8. The van der Waals surface area contributed by atoms with Crippen LogP contribution in [0.1, 0.15) is 34.1 Å². The van der Waals surface area contributed by atoms with Crippen molar-refractivity contribution in [2.45, 2.75) is 51.8 Å². The van der Waals surface area contributed by atoms with Crippen LogP contribution in [-0.2, 0) is 14.3 Å². The molecule has 2 unspecified atom stereocenters. The molecule has 1 aliphatic heterocycles. The molecule has 0 aromatic heterocycles. The summed E-state index contributed by atoms with van der Waals surface area (Å²) in [5.41, 5.74) is 5.34. The Bertz CT molecular complexity index is 276. The highest BCUT2D eigenvalue weighted by Crippen LogP contribution is 2.19. The van der Waals surface area contributed by atoms with Gasteiger partial charge in [-0.05, 0) is 34.1 Å². The number of hydrogen-bond acceptors (Lipinski definition) is 5. The summed E-state index contributed by atoms with van der Waals surface area (Å²) in [7, 11) is 1.31. The topological polar surface area (TPSA) is 81.9 Å². The Hall–Kier alpha value is -1.30. The first-order valence-corrected chi connectivity index (χ1v) is 5.93. The Balaban J connectivity index is 0.000000631. The Morgan fingerprint density at radius 2 is 1.94 bits per heavy atom. The van der Waals surface area contributed by atoms with E-state index in [-0.39, 0.29) is 18.2 Å². The zero-order chi connectivity index (χ0) is 14.3. The summed E-state index contributed by atoms with van der Waals surface area (Å²) < 4.78 is 9.13. The van der Waals surface area contributed by atoms with Crippen molar-refractivity contribution in [3.63, 3.8) is 0 Å². The summed E-state index contributed by atoms with van der Waals surface area (Å²) in [5.74, 6) is 0. The normalized spacial score (nSPS) is 22.9. The molecule has 1 amide bonds. The maximum absolute atomic E-state index is 11.7. The van der Waals surface area contributed by atoms with Crippen LogP contribution in [0.25, 0.3) is 0 Å². The first kappa shape index (κ1) is 16.7. The predicted molar refractivity (Wildman–Crippen MR) is 68.1 cm³/mol. The minimum atomic E-state index is -0.427. The SMILES string of the molecule is CC1CC(N)CN1C(=O)OC(C)(C)C.COC=O. The molecule has 0 bridgehead atoms. The summed E-state index contributed by atoms with van der Waals surface area (Å²) in [5, 5.41) is 0. The number of nitrogens with two attached hydrogens (primary N) is 1. The van der Waals surface area contributed by atoms with E-state index in [4.69, 9.17) is 15.3 Å². The van der Waals surface area contributed by atoms with Gasteiger partial charge in [-0.3, -0.25) is 4.79 Å². The second-order valence-electron chi connectivity index (χ2n) is 5.31. The van der Waals surface area contributed by atoms with Crippen molar-refractivity contribution in [1.29, 1.82) is 0 Å². The van der Waals surface area contributed by atoms with Crippen LogP contribution in [0.15, 0.2) is 0 Å². The molecule has 6 heteroatoms. The summed E-state index contributed by atoms with van der Waals surface area (Å²) in [6.07, 6.45) is 0.608. The van der Waals surface area contributed by atoms with E-state index < -0.39 is 5.60 Å². The molecule has 2 N–H and O–H groups in total. The van der Waals surface area contributed by atoms with Gasteiger partial charge < -0.3 is 20.1 Å². The average molecular weight is 260 g/mol. The summed E-state index contributed by atoms with van der Waals surface area (Å²) in [6, 6.07) is 0.289. The quantitative estimate of drug-likeness (QED) is 0.715. The third kappa shape index (κ3) is 6.44. The molecule has 0 aromatic rings. The number of methoxy groups -OCH3 is 1. The number of rotatable bonds is 1. The maximum atomic E-state index is 11.7. The molecule has 2 atom stereocenters. The lowest BCUT2D eigenvalue weighted by Crippen LogP contribution is -2.39. The molecule has 0 aromatic carbocycles. The molecule has 1 aliphatic rings. The van der Waals surface area contributed by atoms with Gasteiger partial charge in [0.05, 0.1) is 7.11 Å². The fourth-order valence-electron chi connectivity index (χ4n) is 1.65. The number of nitrogens with zero attached hydrogens (tertiary/aromatic N) is 1. The van der Waals surface area contributed by atoms with Gasteiger partial charge >= 0.3 is 6.09 Å². The van der Waals surface area contributed by atoms with Crippen LogP contribution in [0, 0.1) is 0 Å². The average Bonchev–Trinajstić information content (AvgIpc) is 2.56. The van der Waals surface area contributed by atoms with Gasteiger partial charge in [0.1, 0.15) is 5.60 Å². The van der Waals surface area contributed by atoms with E-state index in [1.807, 2.05) is 27.7 Å². The first-order chi connectivity index (χ1) is 8.21. The van der Waals surface area contributed by atoms with Crippen LogP contribution in [0.4, 0.5) is 4.79 Å². The maximum Gasteiger partial charge on any atom is 0.410 e. The largest absolute Gasteiger partial charge is 0.471 e. The van der Waals surface area contributed by atoms with Crippen LogP contribution in [-0.4, -0.2) is 48.8 Å². The van der Waals surface area contributed by atoms with Crippen molar-refractivity contribution in [3.05, 3.63) is 0 Å². The number of carbonyl (C=O) groups excluding carboxylic acids is 2. The van der Waals surface area contributed by atoms with Gasteiger partial charge in [-0.1, -0.05) is 0 Å². The van der Waals surface area contributed by atoms with Crippen molar-refractivity contribution in [1.82, 2.24) is 4.90 Å². The van der Waals surface area contributed by atoms with E-state index in [2.05, 4.69) is 4.74 Å². The molecular formula is C12H24N2O4. The third-order valence-electron chi connectivity index (χ3n) is 2.33. The fraction of sp³-hybridized carbons (Fsp3) is 0.833. The van der Waals surface area contributed by atoms with Gasteiger partial charge in [-0.2, -0.15) is 0 Å². The fourth-order valence-corrected chi connectivity index (χ4v) is 1.65. The minimum absolute atomic E-state index is 0.0949. The molecule has 106 valence electrons. The van der Waals surface area contributed by atoms with Crippen molar-refractivity contribution in [3.8, 4) is 0 Å². The van der Waals surface area contributed by atoms with Crippen molar-refractivity contribution in [2.75, 3.05) is 13.7 Å². The number of ether oxygens (including phenoxy) is 2. The molecular weight excluding hydrogens is 236 g/mol. The van der Waals surface area contributed by atoms with Gasteiger partial charge in [0, 0.05) is 18.6 Å². The first-order valence-electron chi connectivity index (χ1n) is 5.93. The monoisotopic (exact) mass is 260 g/mol. The Labute approximate surface area is 108 Å². The highest BCUT2D eigenvalue weighted by molar-refractivity contribution is 5.69. The summed E-state index contributed by atoms with van der Waals surface area (Å²) in [4.78, 5) is 22.3. The predicted octanol–water partition coefficient (Wildman–Crippen LogP) is 1.13. The zero-order valence-corrected chi connectivity index (χ0v) is 11.8. The van der Waals surface area contributed by atoms with Gasteiger partial charge in [-0.25, -0.2) is 4.79 Å². The van der Waals surface area contributed by atoms with Crippen molar-refractivity contribution >= 4 is 12.6 Å². The molecule has 1 fully saturated rings. The molecule has 0 radical (unpaired) electrons. The van der Waals surface area contributed by atoms with E-state index in [1.54, 1.807) is 4.90 Å². The molecule has 0 aliphatic carbocycles. The van der Waals surface area contributed by atoms with E-state index in [0.717, 1.165) is 6.42 Å². The molecule has 18 heavy (non-hydrogen) atoms. The van der Waals surface area contributed by atoms with Gasteiger partial charge in [0.15, 0.2) is 0 Å². The number of carbonyl (C=O) groups is 2. The molecule has 1 rings (SSSR count). The van der Waals surface area contributed by atoms with E-state index in [9.17, 15) is 4.79 Å². The Kier molecular flexibility index (Phi) is 6.68. The standard InChI is InChI=1S/C10H20N2O2.C2H4O2/c1-7-5-8(11)6-12(7)9(13)14-10(2,3)4;1-4-2-3/h7-8H,5-6,11H2,1-4H3;2H,1H3. The van der Waals surface area contributed by atoms with Gasteiger partial charge in [-0.15, -0.1) is 0 Å². The minimum Gasteiger partial charge on any atom is -0.471 e. The molecule has 6 nitrogen and oxygen atoms in total. The summed E-state index contributed by atoms with van der Waals surface area (Å²) >= 11 is 0. The smallest absolute Gasteiger partial charge is 0.410 e. The van der Waals surface area contributed by atoms with Crippen LogP contribution in [0.3, 0.4) is 0 Å². The highest BCUT2D eigenvalue weighted by atomic mass is 16.6. The van der Waals surface area contributed by atoms with Crippen LogP contribution in [0.5, 0.6) is 0 Å². The third-order valence-corrected chi connectivity index (χ3v) is 2.33. The van der Waals surface area contributed by atoms with Crippen molar-refractivity contribution in [2.24, 2.45) is 5.73 Å². The lowest BCUT2D eigenvalue weighted by molar-refractivity contribution is -0.126. The summed E-state index contributed by atoms with van der Waals surface area (Å²) in [6.45, 7) is 8.58. The molecule has 0 saturated carbocycles. The van der Waals surface area contributed by atoms with E-state index in [0.29, 0.717) is 13.0 Å². The molecule has 1 heterocycles. The number of hydrogen-bond donors (Lipinski definition) is 1. The van der Waals surface area contributed by atoms with E-state index in [1.165, 1.54) is 7.11 Å². The number of amides is 1. The van der Waals surface area contributed by atoms with Crippen LogP contribution < -0.4 is 5.73 Å².